The molecule has 0 heterocycles. The first-order valence-corrected chi connectivity index (χ1v) is 15.3. The van der Waals surface area contributed by atoms with Crippen LogP contribution in [0.5, 0.6) is 0 Å². The molecule has 1 atom stereocenters. The van der Waals surface area contributed by atoms with Crippen LogP contribution in [0, 0.1) is 12.8 Å². The summed E-state index contributed by atoms with van der Waals surface area (Å²) in [4.78, 5) is 28.8. The zero-order valence-corrected chi connectivity index (χ0v) is 25.4. The van der Waals surface area contributed by atoms with Crippen LogP contribution in [0.4, 0.5) is 5.69 Å². The van der Waals surface area contributed by atoms with E-state index in [2.05, 4.69) is 5.32 Å². The molecule has 3 aromatic carbocycles. The van der Waals surface area contributed by atoms with Crippen molar-refractivity contribution < 1.29 is 18.0 Å². The summed E-state index contributed by atoms with van der Waals surface area (Å²) < 4.78 is 28.8. The van der Waals surface area contributed by atoms with E-state index >= 15 is 0 Å². The quantitative estimate of drug-likeness (QED) is 0.272. The van der Waals surface area contributed by atoms with Crippen molar-refractivity contribution in [3.8, 4) is 0 Å². The molecule has 0 aliphatic carbocycles. The van der Waals surface area contributed by atoms with E-state index in [9.17, 15) is 18.0 Å². The van der Waals surface area contributed by atoms with Crippen LogP contribution in [0.3, 0.4) is 0 Å². The maximum absolute atomic E-state index is 14.1. The summed E-state index contributed by atoms with van der Waals surface area (Å²) in [7, 11) is -4.12. The molecule has 3 aromatic rings. The Kier molecular flexibility index (Phi) is 11.0. The molecular weight excluding hydrogens is 569 g/mol. The summed E-state index contributed by atoms with van der Waals surface area (Å²) in [6.07, 6.45) is 0.316. The third-order valence-corrected chi connectivity index (χ3v) is 8.70. The van der Waals surface area contributed by atoms with Crippen LogP contribution < -0.4 is 9.62 Å². The topological polar surface area (TPSA) is 86.8 Å². The summed E-state index contributed by atoms with van der Waals surface area (Å²) in [6.45, 7) is 7.53. The molecule has 3 rings (SSSR count). The van der Waals surface area contributed by atoms with Gasteiger partial charge in [-0.2, -0.15) is 0 Å². The fraction of sp³-hybridized carbons (Fsp3) is 0.333. The molecule has 1 N–H and O–H groups in total. The van der Waals surface area contributed by atoms with Crippen molar-refractivity contribution in [3.05, 3.63) is 94.0 Å². The third kappa shape index (κ3) is 7.99. The minimum absolute atomic E-state index is 0.00448. The Balaban J connectivity index is 2.06. The number of rotatable bonds is 12. The van der Waals surface area contributed by atoms with Crippen LogP contribution in [0.1, 0.15) is 38.3 Å². The van der Waals surface area contributed by atoms with E-state index in [1.807, 2.05) is 33.8 Å². The lowest BCUT2D eigenvalue weighted by Crippen LogP contribution is -2.52. The molecule has 0 fully saturated rings. The number of benzene rings is 3. The highest BCUT2D eigenvalue weighted by Gasteiger charge is 2.34. The van der Waals surface area contributed by atoms with Crippen LogP contribution in [0.25, 0.3) is 0 Å². The first kappa shape index (κ1) is 31.5. The number of hydrogen-bond acceptors (Lipinski definition) is 4. The Hall–Kier alpha value is -3.07. The highest BCUT2D eigenvalue weighted by atomic mass is 35.5. The Bertz CT molecular complexity index is 1430. The van der Waals surface area contributed by atoms with Gasteiger partial charge in [0.1, 0.15) is 12.6 Å². The Labute approximate surface area is 247 Å². The zero-order valence-electron chi connectivity index (χ0n) is 23.1. The number of nitrogens with zero attached hydrogens (tertiary/aromatic N) is 2. The molecule has 0 aromatic heterocycles. The normalized spacial score (nSPS) is 12.2. The van der Waals surface area contributed by atoms with Gasteiger partial charge in [-0.3, -0.25) is 13.9 Å². The summed E-state index contributed by atoms with van der Waals surface area (Å²) in [5, 5.41) is 3.69. The zero-order chi connectivity index (χ0) is 29.4. The number of nitrogens with one attached hydrogen (secondary N) is 1. The van der Waals surface area contributed by atoms with Crippen molar-refractivity contribution in [2.24, 2.45) is 5.92 Å². The van der Waals surface area contributed by atoms with Crippen LogP contribution in [0.2, 0.25) is 10.0 Å². The van der Waals surface area contributed by atoms with Crippen molar-refractivity contribution >= 4 is 50.7 Å². The van der Waals surface area contributed by atoms with Crippen LogP contribution in [-0.2, 0) is 26.2 Å². The van der Waals surface area contributed by atoms with Crippen molar-refractivity contribution in [3.63, 3.8) is 0 Å². The van der Waals surface area contributed by atoms with Gasteiger partial charge in [0, 0.05) is 23.1 Å². The highest BCUT2D eigenvalue weighted by molar-refractivity contribution is 7.92. The number of hydrogen-bond donors (Lipinski definition) is 1. The van der Waals surface area contributed by atoms with Gasteiger partial charge in [-0.1, -0.05) is 80.4 Å². The molecule has 0 aliphatic rings. The molecule has 10 heteroatoms. The molecule has 2 amide bonds. The predicted octanol–water partition coefficient (Wildman–Crippen LogP) is 6.08. The first-order valence-electron chi connectivity index (χ1n) is 13.1. The molecule has 7 nitrogen and oxygen atoms in total. The lowest BCUT2D eigenvalue weighted by atomic mass is 10.1. The minimum atomic E-state index is -4.12. The summed E-state index contributed by atoms with van der Waals surface area (Å²) >= 11 is 12.5. The molecule has 0 saturated heterocycles. The van der Waals surface area contributed by atoms with E-state index in [0.29, 0.717) is 34.3 Å². The monoisotopic (exact) mass is 603 g/mol. The van der Waals surface area contributed by atoms with Crippen LogP contribution >= 0.6 is 23.2 Å². The predicted molar refractivity (Wildman–Crippen MR) is 161 cm³/mol. The number of carbonyl (C=O) groups excluding carboxylic acids is 2. The molecule has 0 aliphatic heterocycles. The smallest absolute Gasteiger partial charge is 0.264 e. The van der Waals surface area contributed by atoms with Gasteiger partial charge in [-0.15, -0.1) is 0 Å². The summed E-state index contributed by atoms with van der Waals surface area (Å²) in [6, 6.07) is 19.0. The highest BCUT2D eigenvalue weighted by Crippen LogP contribution is 2.27. The number of sulfonamides is 1. The third-order valence-electron chi connectivity index (χ3n) is 6.33. The van der Waals surface area contributed by atoms with Crippen molar-refractivity contribution in [2.45, 2.75) is 51.6 Å². The van der Waals surface area contributed by atoms with E-state index in [4.69, 9.17) is 23.2 Å². The molecular formula is C30H35Cl2N3O4S. The number of anilines is 1. The molecule has 1 unspecified atom stereocenters. The Morgan fingerprint density at radius 1 is 0.950 bits per heavy atom. The fourth-order valence-electron chi connectivity index (χ4n) is 4.21. The van der Waals surface area contributed by atoms with E-state index in [1.54, 1.807) is 54.6 Å². The minimum Gasteiger partial charge on any atom is -0.354 e. The summed E-state index contributed by atoms with van der Waals surface area (Å²) in [5.41, 5.74) is 1.77. The SMILES string of the molecule is CCC(C(=O)NCC(C)C)N(Cc1ccc(Cl)cc1Cl)C(=O)CN(c1cccc(C)c1)S(=O)(=O)c1ccccc1. The average Bonchev–Trinajstić information content (AvgIpc) is 2.91. The molecule has 0 radical (unpaired) electrons. The summed E-state index contributed by atoms with van der Waals surface area (Å²) in [5.74, 6) is -0.648. The van der Waals surface area contributed by atoms with E-state index < -0.39 is 28.5 Å². The van der Waals surface area contributed by atoms with Crippen LogP contribution in [0.15, 0.2) is 77.7 Å². The van der Waals surface area contributed by atoms with Gasteiger partial charge < -0.3 is 10.2 Å². The van der Waals surface area contributed by atoms with E-state index in [0.717, 1.165) is 9.87 Å². The van der Waals surface area contributed by atoms with E-state index in [-0.39, 0.29) is 23.3 Å². The lowest BCUT2D eigenvalue weighted by Gasteiger charge is -2.33. The van der Waals surface area contributed by atoms with Crippen molar-refractivity contribution in [2.75, 3.05) is 17.4 Å². The molecule has 0 spiro atoms. The van der Waals surface area contributed by atoms with Gasteiger partial charge >= 0.3 is 0 Å². The molecule has 40 heavy (non-hydrogen) atoms. The van der Waals surface area contributed by atoms with Crippen molar-refractivity contribution in [1.82, 2.24) is 10.2 Å². The molecule has 0 saturated carbocycles. The van der Waals surface area contributed by atoms with Gasteiger partial charge in [0.05, 0.1) is 10.6 Å². The number of carbonyl (C=O) groups is 2. The van der Waals surface area contributed by atoms with Gasteiger partial charge in [-0.05, 0) is 66.8 Å². The van der Waals surface area contributed by atoms with Gasteiger partial charge in [0.25, 0.3) is 10.0 Å². The lowest BCUT2D eigenvalue weighted by molar-refractivity contribution is -0.140. The van der Waals surface area contributed by atoms with Gasteiger partial charge in [0.2, 0.25) is 11.8 Å². The maximum atomic E-state index is 14.1. The van der Waals surface area contributed by atoms with Crippen molar-refractivity contribution in [1.29, 1.82) is 0 Å². The maximum Gasteiger partial charge on any atom is 0.264 e. The molecule has 214 valence electrons. The first-order chi connectivity index (χ1) is 18.9. The fourth-order valence-corrected chi connectivity index (χ4v) is 6.10. The van der Waals surface area contributed by atoms with Crippen LogP contribution in [-0.4, -0.2) is 44.3 Å². The second-order valence-electron chi connectivity index (χ2n) is 9.98. The number of aryl methyl sites for hydroxylation is 1. The average molecular weight is 605 g/mol. The van der Waals surface area contributed by atoms with E-state index in [1.165, 1.54) is 17.0 Å². The number of amides is 2. The second kappa shape index (κ2) is 14.0. The van der Waals surface area contributed by atoms with Gasteiger partial charge in [0.15, 0.2) is 0 Å². The number of halogens is 2. The Morgan fingerprint density at radius 3 is 2.25 bits per heavy atom. The Morgan fingerprint density at radius 2 is 1.65 bits per heavy atom. The second-order valence-corrected chi connectivity index (χ2v) is 12.7. The molecule has 0 bridgehead atoms. The van der Waals surface area contributed by atoms with Gasteiger partial charge in [-0.25, -0.2) is 8.42 Å². The largest absolute Gasteiger partial charge is 0.354 e. The standard InChI is InChI=1S/C30H35Cl2N3O4S/c1-5-28(30(37)33-18-21(2)3)34(19-23-14-15-24(31)17-27(23)32)29(36)20-35(25-11-9-10-22(4)16-25)40(38,39)26-12-7-6-8-13-26/h6-17,21,28H,5,18-20H2,1-4H3,(H,33,37).